The van der Waals surface area contributed by atoms with Crippen molar-refractivity contribution in [2.75, 3.05) is 0 Å². The normalized spacial score (nSPS) is 14.0. The number of hydrogen-bond acceptors (Lipinski definition) is 2. The molecule has 0 saturated heterocycles. The van der Waals surface area contributed by atoms with Gasteiger partial charge in [-0.2, -0.15) is 0 Å². The highest BCUT2D eigenvalue weighted by atomic mass is 32.2. The molecule has 0 amide bonds. The van der Waals surface area contributed by atoms with Gasteiger partial charge >= 0.3 is 0 Å². The van der Waals surface area contributed by atoms with Crippen LogP contribution in [0.1, 0.15) is 40.8 Å². The Kier molecular flexibility index (Phi) is 5.49. The van der Waals surface area contributed by atoms with Gasteiger partial charge in [0.25, 0.3) is 0 Å². The molecule has 0 bridgehead atoms. The van der Waals surface area contributed by atoms with Crippen molar-refractivity contribution in [1.29, 1.82) is 0 Å². The van der Waals surface area contributed by atoms with Crippen molar-refractivity contribution in [1.82, 2.24) is 0 Å². The Labute approximate surface area is 133 Å². The summed E-state index contributed by atoms with van der Waals surface area (Å²) in [5.41, 5.74) is 11.8. The highest BCUT2D eigenvalue weighted by Crippen LogP contribution is 2.40. The van der Waals surface area contributed by atoms with E-state index >= 15 is 0 Å². The van der Waals surface area contributed by atoms with Crippen molar-refractivity contribution >= 4 is 11.8 Å². The van der Waals surface area contributed by atoms with Gasteiger partial charge in [0, 0.05) is 16.2 Å². The Bertz CT molecular complexity index is 606. The molecule has 0 fully saturated rings. The van der Waals surface area contributed by atoms with E-state index in [9.17, 15) is 0 Å². The molecule has 2 atom stereocenters. The zero-order valence-electron chi connectivity index (χ0n) is 13.4. The van der Waals surface area contributed by atoms with Crippen LogP contribution in [0.5, 0.6) is 0 Å². The van der Waals surface area contributed by atoms with Gasteiger partial charge in [-0.3, -0.25) is 0 Å². The first-order valence-electron chi connectivity index (χ1n) is 7.58. The van der Waals surface area contributed by atoms with Gasteiger partial charge in [0.05, 0.1) is 0 Å². The van der Waals surface area contributed by atoms with Crippen LogP contribution in [0.2, 0.25) is 0 Å². The second kappa shape index (κ2) is 7.15. The van der Waals surface area contributed by atoms with Gasteiger partial charge in [0.1, 0.15) is 0 Å². The van der Waals surface area contributed by atoms with Gasteiger partial charge in [0.15, 0.2) is 0 Å². The van der Waals surface area contributed by atoms with Gasteiger partial charge < -0.3 is 5.73 Å². The van der Waals surface area contributed by atoms with Crippen molar-refractivity contribution in [3.8, 4) is 0 Å². The summed E-state index contributed by atoms with van der Waals surface area (Å²) in [5.74, 6) is 0. The molecule has 2 aromatic carbocycles. The number of rotatable bonds is 5. The minimum atomic E-state index is 0.164. The Hall–Kier alpha value is -1.25. The lowest BCUT2D eigenvalue weighted by Crippen LogP contribution is -2.26. The number of thioether (sulfide) groups is 1. The van der Waals surface area contributed by atoms with E-state index in [2.05, 4.69) is 70.2 Å². The van der Waals surface area contributed by atoms with Gasteiger partial charge in [-0.25, -0.2) is 0 Å². The van der Waals surface area contributed by atoms with E-state index in [1.807, 2.05) is 11.8 Å². The molecule has 0 aliphatic heterocycles. The largest absolute Gasteiger partial charge is 0.326 e. The third kappa shape index (κ3) is 3.90. The second-order valence-corrected chi connectivity index (χ2v) is 6.92. The lowest BCUT2D eigenvalue weighted by atomic mass is 10.00. The molecule has 2 aromatic rings. The third-order valence-electron chi connectivity index (χ3n) is 3.94. The van der Waals surface area contributed by atoms with Crippen LogP contribution in [-0.2, 0) is 0 Å². The molecule has 2 N–H and O–H groups in total. The first kappa shape index (κ1) is 16.1. The molecule has 0 spiro atoms. The topological polar surface area (TPSA) is 26.0 Å². The van der Waals surface area contributed by atoms with Crippen molar-refractivity contribution in [3.63, 3.8) is 0 Å². The highest BCUT2D eigenvalue weighted by Gasteiger charge is 2.22. The molecule has 2 heteroatoms. The molecule has 0 aromatic heterocycles. The lowest BCUT2D eigenvalue weighted by molar-refractivity contribution is 0.632. The minimum absolute atomic E-state index is 0.164. The van der Waals surface area contributed by atoms with Crippen LogP contribution in [0.3, 0.4) is 0 Å². The third-order valence-corrected chi connectivity index (χ3v) is 5.51. The zero-order valence-corrected chi connectivity index (χ0v) is 14.2. The van der Waals surface area contributed by atoms with Gasteiger partial charge in [-0.1, -0.05) is 48.9 Å². The zero-order chi connectivity index (χ0) is 15.4. The maximum absolute atomic E-state index is 6.43. The summed E-state index contributed by atoms with van der Waals surface area (Å²) in [5, 5.41) is 0.303. The van der Waals surface area contributed by atoms with Crippen LogP contribution in [0.15, 0.2) is 47.4 Å². The second-order valence-electron chi connectivity index (χ2n) is 5.74. The molecule has 112 valence electrons. The van der Waals surface area contributed by atoms with Gasteiger partial charge in [0.2, 0.25) is 0 Å². The summed E-state index contributed by atoms with van der Waals surface area (Å²) >= 11 is 1.90. The number of hydrogen-bond donors (Lipinski definition) is 1. The van der Waals surface area contributed by atoms with E-state index < -0.39 is 0 Å². The van der Waals surface area contributed by atoms with Crippen LogP contribution in [0.25, 0.3) is 0 Å². The van der Waals surface area contributed by atoms with Crippen LogP contribution in [0, 0.1) is 20.8 Å². The summed E-state index contributed by atoms with van der Waals surface area (Å²) in [7, 11) is 0. The highest BCUT2D eigenvalue weighted by molar-refractivity contribution is 7.99. The molecule has 0 saturated carbocycles. The van der Waals surface area contributed by atoms with Crippen LogP contribution >= 0.6 is 11.8 Å². The van der Waals surface area contributed by atoms with Crippen molar-refractivity contribution < 1.29 is 0 Å². The van der Waals surface area contributed by atoms with Crippen molar-refractivity contribution in [3.05, 3.63) is 64.7 Å². The fraction of sp³-hybridized carbons (Fsp3) is 0.368. The molecule has 2 rings (SSSR count). The fourth-order valence-electron chi connectivity index (χ4n) is 2.57. The molecular weight excluding hydrogens is 274 g/mol. The van der Waals surface area contributed by atoms with Crippen LogP contribution in [0.4, 0.5) is 0 Å². The van der Waals surface area contributed by atoms with Gasteiger partial charge in [-0.15, -0.1) is 11.8 Å². The molecule has 0 aliphatic carbocycles. The molecule has 0 radical (unpaired) electrons. The molecule has 0 heterocycles. The quantitative estimate of drug-likeness (QED) is 0.770. The Morgan fingerprint density at radius 3 is 2.33 bits per heavy atom. The predicted molar refractivity (Wildman–Crippen MR) is 94.0 cm³/mol. The monoisotopic (exact) mass is 299 g/mol. The maximum atomic E-state index is 6.43. The molecular formula is C19H25NS. The maximum Gasteiger partial charge on any atom is 0.0498 e. The van der Waals surface area contributed by atoms with E-state index in [1.54, 1.807) is 0 Å². The first-order valence-corrected chi connectivity index (χ1v) is 8.46. The minimum Gasteiger partial charge on any atom is -0.326 e. The number of benzene rings is 2. The summed E-state index contributed by atoms with van der Waals surface area (Å²) < 4.78 is 0. The van der Waals surface area contributed by atoms with E-state index in [4.69, 9.17) is 5.73 Å². The SMILES string of the molecule is CCC(N)C(Sc1ccc(C)cc1C)c1ccccc1C. The molecule has 1 nitrogen and oxygen atoms in total. The van der Waals surface area contributed by atoms with E-state index in [-0.39, 0.29) is 6.04 Å². The number of nitrogens with two attached hydrogens (primary N) is 1. The smallest absolute Gasteiger partial charge is 0.0498 e. The standard InChI is InChI=1S/C19H25NS/c1-5-17(20)19(16-9-7-6-8-14(16)3)21-18-11-10-13(2)12-15(18)4/h6-12,17,19H,5,20H2,1-4H3. The first-order chi connectivity index (χ1) is 10.0. The Balaban J connectivity index is 2.35. The molecule has 2 unspecified atom stereocenters. The average Bonchev–Trinajstić information content (AvgIpc) is 2.47. The molecule has 0 aliphatic rings. The van der Waals surface area contributed by atoms with E-state index in [1.165, 1.54) is 27.1 Å². The average molecular weight is 299 g/mol. The van der Waals surface area contributed by atoms with E-state index in [0.29, 0.717) is 5.25 Å². The van der Waals surface area contributed by atoms with Crippen molar-refractivity contribution in [2.24, 2.45) is 5.73 Å². The van der Waals surface area contributed by atoms with E-state index in [0.717, 1.165) is 6.42 Å². The Morgan fingerprint density at radius 2 is 1.71 bits per heavy atom. The van der Waals surface area contributed by atoms with Crippen LogP contribution < -0.4 is 5.73 Å². The summed E-state index contributed by atoms with van der Waals surface area (Å²) in [6.07, 6.45) is 0.983. The molecule has 21 heavy (non-hydrogen) atoms. The Morgan fingerprint density at radius 1 is 1.00 bits per heavy atom. The summed E-state index contributed by atoms with van der Waals surface area (Å²) in [6.45, 7) is 8.66. The van der Waals surface area contributed by atoms with Crippen LogP contribution in [-0.4, -0.2) is 6.04 Å². The predicted octanol–water partition coefficient (Wildman–Crippen LogP) is 5.18. The summed E-state index contributed by atoms with van der Waals surface area (Å²) in [4.78, 5) is 1.33. The number of aryl methyl sites for hydroxylation is 3. The lowest BCUT2D eigenvalue weighted by Gasteiger charge is -2.25. The van der Waals surface area contributed by atoms with Crippen molar-refractivity contribution in [2.45, 2.75) is 50.3 Å². The van der Waals surface area contributed by atoms with Gasteiger partial charge in [-0.05, 0) is 49.9 Å². The summed E-state index contributed by atoms with van der Waals surface area (Å²) in [6, 6.07) is 15.4. The fourth-order valence-corrected chi connectivity index (χ4v) is 3.99.